The second-order valence-electron chi connectivity index (χ2n) is 8.41. The van der Waals surface area contributed by atoms with Crippen molar-refractivity contribution in [2.75, 3.05) is 31.5 Å². The third-order valence-electron chi connectivity index (χ3n) is 6.12. The molecule has 2 amide bonds. The molecule has 2 N–H and O–H groups in total. The number of carbonyl (C=O) groups is 2. The fourth-order valence-electron chi connectivity index (χ4n) is 4.21. The van der Waals surface area contributed by atoms with Crippen molar-refractivity contribution in [2.45, 2.75) is 69.4 Å². The fraction of sp³-hybridized carbons (Fsp3) is 0.636. The summed E-state index contributed by atoms with van der Waals surface area (Å²) < 4.78 is 27.4. The molecule has 0 bridgehead atoms. The number of benzene rings is 1. The van der Waals surface area contributed by atoms with Crippen LogP contribution in [0.2, 0.25) is 0 Å². The van der Waals surface area contributed by atoms with E-state index in [4.69, 9.17) is 0 Å². The van der Waals surface area contributed by atoms with Crippen LogP contribution in [-0.4, -0.2) is 67.7 Å². The Balaban J connectivity index is 1.63. The van der Waals surface area contributed by atoms with E-state index in [0.717, 1.165) is 38.6 Å². The monoisotopic (exact) mass is 450 g/mol. The minimum atomic E-state index is -3.55. The van der Waals surface area contributed by atoms with Gasteiger partial charge in [0.05, 0.1) is 10.9 Å². The smallest absolute Gasteiger partial charge is 0.243 e. The topological polar surface area (TPSA) is 98.8 Å². The van der Waals surface area contributed by atoms with Gasteiger partial charge in [-0.2, -0.15) is 4.31 Å². The van der Waals surface area contributed by atoms with Gasteiger partial charge in [-0.3, -0.25) is 14.5 Å². The molecule has 172 valence electrons. The molecule has 2 saturated heterocycles. The number of nitrogens with zero attached hydrogens (tertiary/aromatic N) is 2. The van der Waals surface area contributed by atoms with Crippen molar-refractivity contribution in [3.05, 3.63) is 24.3 Å². The Morgan fingerprint density at radius 3 is 2.58 bits per heavy atom. The molecule has 2 aliphatic heterocycles. The Hall–Kier alpha value is -1.97. The molecule has 2 atom stereocenters. The van der Waals surface area contributed by atoms with Gasteiger partial charge in [0.2, 0.25) is 21.8 Å². The molecule has 8 nitrogen and oxygen atoms in total. The van der Waals surface area contributed by atoms with Crippen LogP contribution in [-0.2, 0) is 19.6 Å². The predicted molar refractivity (Wildman–Crippen MR) is 120 cm³/mol. The number of piperidine rings is 2. The molecule has 9 heteroatoms. The first-order valence-electron chi connectivity index (χ1n) is 11.3. The normalized spacial score (nSPS) is 21.9. The molecule has 1 aromatic rings. The maximum atomic E-state index is 12.9. The van der Waals surface area contributed by atoms with Gasteiger partial charge in [-0.1, -0.05) is 19.4 Å². The molecule has 3 rings (SSSR count). The molecule has 31 heavy (non-hydrogen) atoms. The summed E-state index contributed by atoms with van der Waals surface area (Å²) in [5.74, 6) is -0.161. The highest BCUT2D eigenvalue weighted by molar-refractivity contribution is 7.89. The second-order valence-corrected chi connectivity index (χ2v) is 10.4. The van der Waals surface area contributed by atoms with E-state index in [2.05, 4.69) is 15.5 Å². The van der Waals surface area contributed by atoms with Crippen molar-refractivity contribution in [2.24, 2.45) is 0 Å². The highest BCUT2D eigenvalue weighted by atomic mass is 32.2. The van der Waals surface area contributed by atoms with Crippen LogP contribution in [0.3, 0.4) is 0 Å². The number of likely N-dealkylation sites (tertiary alicyclic amines) is 1. The van der Waals surface area contributed by atoms with E-state index in [9.17, 15) is 18.0 Å². The first-order chi connectivity index (χ1) is 14.8. The number of amides is 2. The third-order valence-corrected chi connectivity index (χ3v) is 8.02. The first kappa shape index (κ1) is 23.7. The van der Waals surface area contributed by atoms with Gasteiger partial charge in [-0.15, -0.1) is 0 Å². The number of nitrogens with one attached hydrogen (secondary N) is 2. The Morgan fingerprint density at radius 2 is 1.87 bits per heavy atom. The number of rotatable bonds is 7. The summed E-state index contributed by atoms with van der Waals surface area (Å²) in [6, 6.07) is 6.15. The minimum absolute atomic E-state index is 0.0238. The lowest BCUT2D eigenvalue weighted by molar-refractivity contribution is -0.122. The second kappa shape index (κ2) is 10.6. The SMILES string of the molecule is CCC(=O)NC1CCCN(C(C)C(=O)Nc2cccc(S(=O)(=O)N3CCCCC3)c2)C1. The number of hydrogen-bond donors (Lipinski definition) is 2. The van der Waals surface area contributed by atoms with E-state index >= 15 is 0 Å². The average Bonchev–Trinajstić information content (AvgIpc) is 2.79. The molecule has 0 aliphatic carbocycles. The quantitative estimate of drug-likeness (QED) is 0.663. The summed E-state index contributed by atoms with van der Waals surface area (Å²) in [7, 11) is -3.55. The highest BCUT2D eigenvalue weighted by Crippen LogP contribution is 2.23. The van der Waals surface area contributed by atoms with Crippen LogP contribution in [0.25, 0.3) is 0 Å². The predicted octanol–water partition coefficient (Wildman–Crippen LogP) is 2.18. The molecule has 0 spiro atoms. The van der Waals surface area contributed by atoms with Crippen LogP contribution in [0, 0.1) is 0 Å². The van der Waals surface area contributed by atoms with Gasteiger partial charge in [0.15, 0.2) is 0 Å². The molecular weight excluding hydrogens is 416 g/mol. The van der Waals surface area contributed by atoms with Gasteiger partial charge in [0, 0.05) is 37.8 Å². The molecule has 2 fully saturated rings. The Bertz CT molecular complexity index is 883. The van der Waals surface area contributed by atoms with Gasteiger partial charge >= 0.3 is 0 Å². The van der Waals surface area contributed by atoms with Gasteiger partial charge in [0.25, 0.3) is 0 Å². The van der Waals surface area contributed by atoms with Gasteiger partial charge in [-0.05, 0) is 57.4 Å². The lowest BCUT2D eigenvalue weighted by atomic mass is 10.0. The van der Waals surface area contributed by atoms with Gasteiger partial charge in [0.1, 0.15) is 0 Å². The van der Waals surface area contributed by atoms with Crippen LogP contribution in [0.1, 0.15) is 52.4 Å². The zero-order chi connectivity index (χ0) is 22.4. The number of carbonyl (C=O) groups excluding carboxylic acids is 2. The van der Waals surface area contributed by atoms with E-state index in [1.54, 1.807) is 18.2 Å². The van der Waals surface area contributed by atoms with Crippen LogP contribution >= 0.6 is 0 Å². The van der Waals surface area contributed by atoms with E-state index in [0.29, 0.717) is 31.7 Å². The van der Waals surface area contributed by atoms with Crippen molar-refractivity contribution in [1.29, 1.82) is 0 Å². The summed E-state index contributed by atoms with van der Waals surface area (Å²) in [5.41, 5.74) is 0.475. The van der Waals surface area contributed by atoms with E-state index in [1.165, 1.54) is 10.4 Å². The molecule has 0 saturated carbocycles. The van der Waals surface area contributed by atoms with Crippen LogP contribution in [0.5, 0.6) is 0 Å². The highest BCUT2D eigenvalue weighted by Gasteiger charge is 2.29. The number of anilines is 1. The summed E-state index contributed by atoms with van der Waals surface area (Å²) in [5, 5.41) is 5.88. The van der Waals surface area contributed by atoms with Crippen LogP contribution in [0.15, 0.2) is 29.2 Å². The molecule has 0 radical (unpaired) electrons. The molecule has 1 aromatic carbocycles. The van der Waals surface area contributed by atoms with Crippen molar-refractivity contribution in [1.82, 2.24) is 14.5 Å². The molecule has 0 aromatic heterocycles. The third kappa shape index (κ3) is 6.05. The van der Waals surface area contributed by atoms with Gasteiger partial charge < -0.3 is 10.6 Å². The standard InChI is InChI=1S/C22H34N4O4S/c1-3-21(27)23-19-10-8-12-25(16-19)17(2)22(28)24-18-9-7-11-20(15-18)31(29,30)26-13-5-4-6-14-26/h7,9,11,15,17,19H,3-6,8,10,12-14,16H2,1-2H3,(H,23,27)(H,24,28). The zero-order valence-electron chi connectivity index (χ0n) is 18.5. The van der Waals surface area contributed by atoms with Gasteiger partial charge in [-0.25, -0.2) is 8.42 Å². The van der Waals surface area contributed by atoms with Crippen molar-refractivity contribution >= 4 is 27.5 Å². The van der Waals surface area contributed by atoms with Crippen molar-refractivity contribution < 1.29 is 18.0 Å². The molecule has 2 aliphatic rings. The number of hydrogen-bond acceptors (Lipinski definition) is 5. The maximum absolute atomic E-state index is 12.9. The van der Waals surface area contributed by atoms with E-state index < -0.39 is 10.0 Å². The van der Waals surface area contributed by atoms with Crippen molar-refractivity contribution in [3.8, 4) is 0 Å². The van der Waals surface area contributed by atoms with Crippen LogP contribution in [0.4, 0.5) is 5.69 Å². The lowest BCUT2D eigenvalue weighted by Gasteiger charge is -2.36. The Kier molecular flexibility index (Phi) is 8.07. The fourth-order valence-corrected chi connectivity index (χ4v) is 5.77. The molecule has 2 heterocycles. The van der Waals surface area contributed by atoms with Crippen molar-refractivity contribution in [3.63, 3.8) is 0 Å². The summed E-state index contributed by atoms with van der Waals surface area (Å²) in [6.07, 6.45) is 5.08. The van der Waals surface area contributed by atoms with E-state index in [1.807, 2.05) is 13.8 Å². The maximum Gasteiger partial charge on any atom is 0.243 e. The Morgan fingerprint density at radius 1 is 1.13 bits per heavy atom. The van der Waals surface area contributed by atoms with Crippen LogP contribution < -0.4 is 10.6 Å². The number of sulfonamides is 1. The largest absolute Gasteiger partial charge is 0.352 e. The van der Waals surface area contributed by atoms with E-state index in [-0.39, 0.29) is 28.8 Å². The first-order valence-corrected chi connectivity index (χ1v) is 12.7. The summed E-state index contributed by atoms with van der Waals surface area (Å²) >= 11 is 0. The summed E-state index contributed by atoms with van der Waals surface area (Å²) in [4.78, 5) is 26.8. The molecule has 2 unspecified atom stereocenters. The molecular formula is C22H34N4O4S. The Labute approximate surface area is 185 Å². The summed E-state index contributed by atoms with van der Waals surface area (Å²) in [6.45, 7) is 6.17. The average molecular weight is 451 g/mol. The minimum Gasteiger partial charge on any atom is -0.352 e. The zero-order valence-corrected chi connectivity index (χ0v) is 19.3. The lowest BCUT2D eigenvalue weighted by Crippen LogP contribution is -2.53.